The van der Waals surface area contributed by atoms with Crippen LogP contribution in [0.25, 0.3) is 11.3 Å². The Hall–Kier alpha value is -3.06. The highest BCUT2D eigenvalue weighted by Gasteiger charge is 2.43. The molecule has 2 aromatic heterocycles. The van der Waals surface area contributed by atoms with Gasteiger partial charge in [-0.3, -0.25) is 4.98 Å². The van der Waals surface area contributed by atoms with Crippen LogP contribution in [0.2, 0.25) is 10.0 Å². The number of nitrogens with one attached hydrogen (secondary N) is 1. The average Bonchev–Trinajstić information content (AvgIpc) is 3.55. The molecule has 0 radical (unpaired) electrons. The van der Waals surface area contributed by atoms with Gasteiger partial charge in [0.05, 0.1) is 22.4 Å². The number of rotatable bonds is 5. The van der Waals surface area contributed by atoms with Gasteiger partial charge in [0.2, 0.25) is 0 Å². The number of anilines is 2. The summed E-state index contributed by atoms with van der Waals surface area (Å²) in [6.07, 6.45) is 3.05. The monoisotopic (exact) mass is 590 g/mol. The second-order valence-corrected chi connectivity index (χ2v) is 12.4. The summed E-state index contributed by atoms with van der Waals surface area (Å²) in [5.74, 6) is 2.79. The number of hydrogen-bond acceptors (Lipinski definition) is 4. The third kappa shape index (κ3) is 5.20. The fraction of sp³-hybridized carbons (Fsp3) is 0.312. The summed E-state index contributed by atoms with van der Waals surface area (Å²) >= 11 is 19.3. The molecule has 40 heavy (non-hydrogen) atoms. The number of aromatic nitrogens is 1. The topological polar surface area (TPSA) is 44.5 Å². The van der Waals surface area contributed by atoms with Crippen molar-refractivity contribution in [2.45, 2.75) is 39.3 Å². The zero-order valence-corrected chi connectivity index (χ0v) is 25.1. The highest BCUT2D eigenvalue weighted by molar-refractivity contribution is 7.80. The minimum absolute atomic E-state index is 0.212. The van der Waals surface area contributed by atoms with Gasteiger partial charge in [-0.1, -0.05) is 55.2 Å². The van der Waals surface area contributed by atoms with Crippen molar-refractivity contribution in [3.05, 3.63) is 100.0 Å². The average molecular weight is 592 g/mol. The maximum absolute atomic E-state index is 6.96. The molecule has 0 bridgehead atoms. The van der Waals surface area contributed by atoms with Crippen LogP contribution in [-0.4, -0.2) is 23.2 Å². The Morgan fingerprint density at radius 2 is 1.75 bits per heavy atom. The van der Waals surface area contributed by atoms with Crippen molar-refractivity contribution in [3.63, 3.8) is 0 Å². The quantitative estimate of drug-likeness (QED) is 0.235. The molecule has 206 valence electrons. The zero-order chi connectivity index (χ0) is 28.0. The van der Waals surface area contributed by atoms with Gasteiger partial charge in [0.25, 0.3) is 0 Å². The van der Waals surface area contributed by atoms with Gasteiger partial charge in [0.1, 0.15) is 17.6 Å². The van der Waals surface area contributed by atoms with E-state index in [-0.39, 0.29) is 12.1 Å². The summed E-state index contributed by atoms with van der Waals surface area (Å²) in [7, 11) is 0. The van der Waals surface area contributed by atoms with Gasteiger partial charge in [-0.25, -0.2) is 0 Å². The maximum Gasteiger partial charge on any atom is 0.174 e. The van der Waals surface area contributed by atoms with Gasteiger partial charge in [-0.05, 0) is 91.5 Å². The van der Waals surface area contributed by atoms with Gasteiger partial charge < -0.3 is 19.5 Å². The van der Waals surface area contributed by atoms with Crippen molar-refractivity contribution < 1.29 is 4.42 Å². The molecular weight excluding hydrogens is 559 g/mol. The minimum Gasteiger partial charge on any atom is -0.459 e. The van der Waals surface area contributed by atoms with Crippen molar-refractivity contribution >= 4 is 51.9 Å². The molecule has 4 aromatic rings. The molecule has 2 aromatic carbocycles. The molecular formula is C32H32Cl2N4OS. The summed E-state index contributed by atoms with van der Waals surface area (Å²) in [5, 5.41) is 5.53. The zero-order valence-electron chi connectivity index (χ0n) is 22.8. The predicted octanol–water partition coefficient (Wildman–Crippen LogP) is 8.62. The third-order valence-electron chi connectivity index (χ3n) is 7.89. The molecule has 4 atom stereocenters. The fourth-order valence-corrected chi connectivity index (χ4v) is 6.92. The minimum atomic E-state index is -0.269. The van der Waals surface area contributed by atoms with Crippen LogP contribution in [0.1, 0.15) is 49.4 Å². The van der Waals surface area contributed by atoms with Crippen molar-refractivity contribution in [1.82, 2.24) is 10.3 Å². The van der Waals surface area contributed by atoms with Crippen LogP contribution < -0.4 is 15.1 Å². The lowest BCUT2D eigenvalue weighted by Gasteiger charge is -2.37. The van der Waals surface area contributed by atoms with E-state index in [1.54, 1.807) is 6.20 Å². The molecule has 0 saturated carbocycles. The first kappa shape index (κ1) is 27.1. The van der Waals surface area contributed by atoms with Crippen LogP contribution in [0.15, 0.2) is 77.3 Å². The summed E-state index contributed by atoms with van der Waals surface area (Å²) in [5.41, 5.74) is 4.81. The summed E-state index contributed by atoms with van der Waals surface area (Å²) in [6.45, 7) is 8.63. The first-order chi connectivity index (χ1) is 19.3. The summed E-state index contributed by atoms with van der Waals surface area (Å²) in [4.78, 5) is 9.15. The van der Waals surface area contributed by atoms with E-state index in [2.05, 4.69) is 46.1 Å². The molecule has 2 aliphatic rings. The van der Waals surface area contributed by atoms with Gasteiger partial charge >= 0.3 is 0 Å². The van der Waals surface area contributed by atoms with Crippen LogP contribution >= 0.6 is 35.4 Å². The van der Waals surface area contributed by atoms with Crippen molar-refractivity contribution in [1.29, 1.82) is 0 Å². The van der Waals surface area contributed by atoms with Crippen LogP contribution in [0.3, 0.4) is 0 Å². The molecule has 0 amide bonds. The van der Waals surface area contributed by atoms with Crippen LogP contribution in [0.4, 0.5) is 11.4 Å². The third-order valence-corrected chi connectivity index (χ3v) is 8.92. The first-order valence-electron chi connectivity index (χ1n) is 13.7. The normalized spacial score (nSPS) is 23.0. The second kappa shape index (κ2) is 11.1. The van der Waals surface area contributed by atoms with Crippen LogP contribution in [-0.2, 0) is 0 Å². The van der Waals surface area contributed by atoms with E-state index in [9.17, 15) is 0 Å². The Labute approximate surface area is 251 Å². The second-order valence-electron chi connectivity index (χ2n) is 11.1. The van der Waals surface area contributed by atoms with Crippen LogP contribution in [0.5, 0.6) is 0 Å². The smallest absolute Gasteiger partial charge is 0.174 e. The van der Waals surface area contributed by atoms with E-state index in [0.29, 0.717) is 22.0 Å². The molecule has 6 rings (SSSR count). The van der Waals surface area contributed by atoms with Crippen molar-refractivity contribution in [2.75, 3.05) is 22.9 Å². The highest BCUT2D eigenvalue weighted by Crippen LogP contribution is 2.44. The van der Waals surface area contributed by atoms with Crippen molar-refractivity contribution in [3.8, 4) is 11.3 Å². The highest BCUT2D eigenvalue weighted by atomic mass is 35.5. The van der Waals surface area contributed by atoms with Gasteiger partial charge in [0.15, 0.2) is 5.11 Å². The number of furan rings is 1. The van der Waals surface area contributed by atoms with Gasteiger partial charge in [0, 0.05) is 35.6 Å². The van der Waals surface area contributed by atoms with Crippen molar-refractivity contribution in [2.24, 2.45) is 11.8 Å². The van der Waals surface area contributed by atoms with E-state index in [0.717, 1.165) is 57.8 Å². The largest absolute Gasteiger partial charge is 0.459 e. The lowest BCUT2D eigenvalue weighted by atomic mass is 9.91. The molecule has 4 unspecified atom stereocenters. The van der Waals surface area contributed by atoms with E-state index >= 15 is 0 Å². The Bertz CT molecular complexity index is 1530. The van der Waals surface area contributed by atoms with Gasteiger partial charge in [-0.2, -0.15) is 0 Å². The Morgan fingerprint density at radius 3 is 2.45 bits per heavy atom. The Morgan fingerprint density at radius 1 is 0.950 bits per heavy atom. The number of pyridine rings is 1. The maximum atomic E-state index is 6.96. The Kier molecular flexibility index (Phi) is 7.51. The molecule has 0 aliphatic carbocycles. The van der Waals surface area contributed by atoms with E-state index in [1.807, 2.05) is 61.5 Å². The lowest BCUT2D eigenvalue weighted by molar-refractivity contribution is 0.357. The molecule has 1 N–H and O–H groups in total. The number of halogens is 2. The first-order valence-corrected chi connectivity index (χ1v) is 14.9. The number of piperidine rings is 1. The molecule has 2 aliphatic heterocycles. The number of benzene rings is 2. The predicted molar refractivity (Wildman–Crippen MR) is 168 cm³/mol. The van der Waals surface area contributed by atoms with E-state index < -0.39 is 0 Å². The SMILES string of the molecule is Cc1ccc(-c2ccc(C3C(c4ccccn4)NC(=S)N3c3ccc(N4CC(C)CC(C)C4)c(Cl)c3)o2)cc1Cl. The number of hydrogen-bond donors (Lipinski definition) is 1. The molecule has 8 heteroatoms. The van der Waals surface area contributed by atoms with E-state index in [4.69, 9.17) is 39.8 Å². The van der Waals surface area contributed by atoms with Crippen LogP contribution in [0, 0.1) is 18.8 Å². The molecule has 4 heterocycles. The summed E-state index contributed by atoms with van der Waals surface area (Å²) < 4.78 is 6.50. The fourth-order valence-electron chi connectivity index (χ4n) is 6.10. The standard InChI is InChI=1S/C32H32Cl2N4OS/c1-19-14-20(2)18-37(17-19)27-10-9-23(16-25(27)34)38-31(30(36-32(38)40)26-6-4-5-13-35-26)29-12-11-28(39-29)22-8-7-21(3)24(33)15-22/h4-13,15-16,19-20,30-31H,14,17-18H2,1-3H3,(H,36,40). The van der Waals surface area contributed by atoms with E-state index in [1.165, 1.54) is 6.42 Å². The van der Waals surface area contributed by atoms with Gasteiger partial charge in [-0.15, -0.1) is 0 Å². The molecule has 0 spiro atoms. The summed E-state index contributed by atoms with van der Waals surface area (Å²) in [6, 6.07) is 21.6. The number of nitrogens with zero attached hydrogens (tertiary/aromatic N) is 3. The molecule has 2 saturated heterocycles. The number of thiocarbonyl (C=S) groups is 1. The molecule has 2 fully saturated rings. The lowest BCUT2D eigenvalue weighted by Crippen LogP contribution is -2.38. The Balaban J connectivity index is 1.38. The number of aryl methyl sites for hydroxylation is 1. The molecule has 5 nitrogen and oxygen atoms in total.